The average molecular weight is 448 g/mol. The van der Waals surface area contributed by atoms with E-state index in [1.807, 2.05) is 0 Å². The number of aliphatic hydroxyl groups excluding tert-OH is 1. The first-order valence-electron chi connectivity index (χ1n) is 10.4. The molecule has 1 saturated heterocycles. The predicted octanol–water partition coefficient (Wildman–Crippen LogP) is 2.45. The van der Waals surface area contributed by atoms with Crippen molar-refractivity contribution < 1.29 is 29.0 Å². The summed E-state index contributed by atoms with van der Waals surface area (Å²) in [7, 11) is 3.05. The molecule has 1 spiro atoms. The lowest BCUT2D eigenvalue weighted by molar-refractivity contribution is -0.144. The van der Waals surface area contributed by atoms with Crippen molar-refractivity contribution in [1.82, 2.24) is 4.90 Å². The molecule has 0 aromatic heterocycles. The van der Waals surface area contributed by atoms with Gasteiger partial charge in [0.05, 0.1) is 12.2 Å². The summed E-state index contributed by atoms with van der Waals surface area (Å²) in [6, 6.07) is 13.3. The van der Waals surface area contributed by atoms with E-state index in [-0.39, 0.29) is 24.3 Å². The Kier molecular flexibility index (Phi) is 5.78. The molecule has 1 N–H and O–H groups in total. The molecule has 2 aromatic rings. The minimum Gasteiger partial charge on any atom is -0.507 e. The number of para-hydroxylation sites is 1. The minimum atomic E-state index is -1.78. The lowest BCUT2D eigenvalue weighted by atomic mass is 9.82. The van der Waals surface area contributed by atoms with Crippen LogP contribution in [0.4, 0.5) is 5.69 Å². The number of ketones is 1. The molecule has 2 aromatic carbocycles. The lowest BCUT2D eigenvalue weighted by Crippen LogP contribution is -2.52. The SMILES string of the molecule is C=CCOc1ccc(/C(O)=C2\C(=O)C(=O)N(CCOC)C23C(=O)N(C)c2ccccc23)cc1. The molecule has 2 amide bonds. The standard InChI is InChI=1S/C25H24N2O6/c1-4-14-33-17-11-9-16(10-12-17)21(28)20-22(29)23(30)27(13-15-32-3)25(20)18-7-5-6-8-19(18)26(2)24(25)31/h4-12,28H,1,13-15H2,2-3H3/b21-20-. The molecule has 2 aliphatic heterocycles. The zero-order valence-electron chi connectivity index (χ0n) is 18.4. The van der Waals surface area contributed by atoms with Crippen molar-refractivity contribution in [3.05, 3.63) is 77.9 Å². The highest BCUT2D eigenvalue weighted by Crippen LogP contribution is 2.53. The lowest BCUT2D eigenvalue weighted by Gasteiger charge is -2.34. The van der Waals surface area contributed by atoms with Gasteiger partial charge in [-0.25, -0.2) is 0 Å². The molecule has 1 atom stereocenters. The number of likely N-dealkylation sites (N-methyl/N-ethyl adjacent to an activating group) is 1. The number of benzene rings is 2. The third kappa shape index (κ3) is 3.22. The normalized spacial score (nSPS) is 21.1. The van der Waals surface area contributed by atoms with Gasteiger partial charge in [0.15, 0.2) is 5.54 Å². The number of methoxy groups -OCH3 is 1. The minimum absolute atomic E-state index is 0.0000979. The van der Waals surface area contributed by atoms with E-state index in [0.29, 0.717) is 23.6 Å². The van der Waals surface area contributed by atoms with Crippen LogP contribution in [0.5, 0.6) is 5.75 Å². The molecule has 0 radical (unpaired) electrons. The fourth-order valence-electron chi connectivity index (χ4n) is 4.46. The Hall–Kier alpha value is -3.91. The van der Waals surface area contributed by atoms with Crippen LogP contribution in [0.25, 0.3) is 5.76 Å². The van der Waals surface area contributed by atoms with Crippen LogP contribution in [0.15, 0.2) is 66.8 Å². The molecular formula is C25H24N2O6. The van der Waals surface area contributed by atoms with E-state index in [1.165, 1.54) is 16.9 Å². The van der Waals surface area contributed by atoms with Gasteiger partial charge in [-0.15, -0.1) is 0 Å². The van der Waals surface area contributed by atoms with Crippen molar-refractivity contribution in [2.45, 2.75) is 5.54 Å². The Morgan fingerprint density at radius 1 is 1.12 bits per heavy atom. The summed E-state index contributed by atoms with van der Waals surface area (Å²) in [5.41, 5.74) is -0.735. The largest absolute Gasteiger partial charge is 0.507 e. The summed E-state index contributed by atoms with van der Waals surface area (Å²) >= 11 is 0. The second kappa shape index (κ2) is 8.55. The van der Waals surface area contributed by atoms with Gasteiger partial charge in [0.1, 0.15) is 18.1 Å². The molecule has 33 heavy (non-hydrogen) atoms. The molecule has 4 rings (SSSR count). The molecule has 1 fully saturated rings. The molecule has 0 bridgehead atoms. The molecule has 0 saturated carbocycles. The molecule has 2 heterocycles. The number of rotatable bonds is 7. The summed E-state index contributed by atoms with van der Waals surface area (Å²) in [4.78, 5) is 42.7. The fourth-order valence-corrected chi connectivity index (χ4v) is 4.46. The fraction of sp³-hybridized carbons (Fsp3) is 0.240. The predicted molar refractivity (Wildman–Crippen MR) is 122 cm³/mol. The van der Waals surface area contributed by atoms with E-state index < -0.39 is 28.9 Å². The Balaban J connectivity index is 1.94. The highest BCUT2D eigenvalue weighted by atomic mass is 16.5. The van der Waals surface area contributed by atoms with Crippen LogP contribution in [0.2, 0.25) is 0 Å². The smallest absolute Gasteiger partial charge is 0.296 e. The highest BCUT2D eigenvalue weighted by Gasteiger charge is 2.66. The molecule has 170 valence electrons. The summed E-state index contributed by atoms with van der Waals surface area (Å²) < 4.78 is 10.6. The van der Waals surface area contributed by atoms with Crippen LogP contribution in [0, 0.1) is 0 Å². The van der Waals surface area contributed by atoms with Gasteiger partial charge in [0.25, 0.3) is 17.6 Å². The first-order valence-corrected chi connectivity index (χ1v) is 10.4. The van der Waals surface area contributed by atoms with Crippen molar-refractivity contribution in [2.24, 2.45) is 0 Å². The number of hydrogen-bond donors (Lipinski definition) is 1. The Morgan fingerprint density at radius 2 is 1.82 bits per heavy atom. The first kappa shape index (κ1) is 22.3. The monoisotopic (exact) mass is 448 g/mol. The zero-order valence-corrected chi connectivity index (χ0v) is 18.4. The number of anilines is 1. The number of nitrogens with zero attached hydrogens (tertiary/aromatic N) is 2. The van der Waals surface area contributed by atoms with Crippen LogP contribution >= 0.6 is 0 Å². The van der Waals surface area contributed by atoms with Crippen molar-refractivity contribution in [1.29, 1.82) is 0 Å². The van der Waals surface area contributed by atoms with Crippen molar-refractivity contribution in [3.8, 4) is 5.75 Å². The molecule has 8 heteroatoms. The third-order valence-corrected chi connectivity index (χ3v) is 5.95. The second-order valence-electron chi connectivity index (χ2n) is 7.72. The van der Waals surface area contributed by atoms with Gasteiger partial charge in [0, 0.05) is 37.5 Å². The highest BCUT2D eigenvalue weighted by molar-refractivity contribution is 6.50. The van der Waals surface area contributed by atoms with E-state index in [1.54, 1.807) is 61.7 Å². The molecule has 1 unspecified atom stereocenters. The number of carbonyl (C=O) groups is 3. The van der Waals surface area contributed by atoms with Gasteiger partial charge in [-0.05, 0) is 30.3 Å². The second-order valence-corrected chi connectivity index (χ2v) is 7.72. The Morgan fingerprint density at radius 3 is 2.48 bits per heavy atom. The topological polar surface area (TPSA) is 96.4 Å². The number of Topliss-reactive ketones (excluding diaryl/α,β-unsaturated/α-hetero) is 1. The van der Waals surface area contributed by atoms with Crippen LogP contribution in [-0.2, 0) is 24.7 Å². The van der Waals surface area contributed by atoms with Crippen molar-refractivity contribution in [3.63, 3.8) is 0 Å². The number of likely N-dealkylation sites (tertiary alicyclic amines) is 1. The van der Waals surface area contributed by atoms with E-state index in [9.17, 15) is 19.5 Å². The molecular weight excluding hydrogens is 424 g/mol. The molecule has 8 nitrogen and oxygen atoms in total. The van der Waals surface area contributed by atoms with Gasteiger partial charge < -0.3 is 24.4 Å². The third-order valence-electron chi connectivity index (χ3n) is 5.95. The quantitative estimate of drug-likeness (QED) is 0.303. The van der Waals surface area contributed by atoms with Crippen LogP contribution in [-0.4, -0.2) is 61.5 Å². The number of fused-ring (bicyclic) bond motifs is 2. The summed E-state index contributed by atoms with van der Waals surface area (Å²) in [6.45, 7) is 4.03. The van der Waals surface area contributed by atoms with Crippen LogP contribution in [0.3, 0.4) is 0 Å². The van der Waals surface area contributed by atoms with Crippen LogP contribution < -0.4 is 9.64 Å². The zero-order chi connectivity index (χ0) is 23.8. The number of amides is 2. The summed E-state index contributed by atoms with van der Waals surface area (Å²) in [6.07, 6.45) is 1.61. The van der Waals surface area contributed by atoms with Gasteiger partial charge in [-0.1, -0.05) is 30.9 Å². The Labute approximate surface area is 191 Å². The van der Waals surface area contributed by atoms with Gasteiger partial charge in [-0.3, -0.25) is 14.4 Å². The van der Waals surface area contributed by atoms with E-state index in [2.05, 4.69) is 6.58 Å². The van der Waals surface area contributed by atoms with E-state index >= 15 is 0 Å². The average Bonchev–Trinajstić information content (AvgIpc) is 3.19. The van der Waals surface area contributed by atoms with E-state index in [4.69, 9.17) is 9.47 Å². The maximum Gasteiger partial charge on any atom is 0.296 e. The van der Waals surface area contributed by atoms with Crippen molar-refractivity contribution in [2.75, 3.05) is 38.8 Å². The number of carbonyl (C=O) groups excluding carboxylic acids is 3. The summed E-state index contributed by atoms with van der Waals surface area (Å²) in [5.74, 6) is -2.16. The summed E-state index contributed by atoms with van der Waals surface area (Å²) in [5, 5.41) is 11.3. The van der Waals surface area contributed by atoms with Gasteiger partial charge in [0.2, 0.25) is 0 Å². The van der Waals surface area contributed by atoms with Gasteiger partial charge >= 0.3 is 0 Å². The van der Waals surface area contributed by atoms with Gasteiger partial charge in [-0.2, -0.15) is 0 Å². The number of ether oxygens (including phenoxy) is 2. The molecule has 0 aliphatic carbocycles. The van der Waals surface area contributed by atoms with E-state index in [0.717, 1.165) is 0 Å². The van der Waals surface area contributed by atoms with Crippen LogP contribution in [0.1, 0.15) is 11.1 Å². The maximum absolute atomic E-state index is 13.7. The first-order chi connectivity index (χ1) is 15.9. The number of aliphatic hydroxyl groups is 1. The molecule has 2 aliphatic rings. The Bertz CT molecular complexity index is 1170. The maximum atomic E-state index is 13.7. The number of hydrogen-bond acceptors (Lipinski definition) is 6. The van der Waals surface area contributed by atoms with Crippen molar-refractivity contribution >= 4 is 29.0 Å².